The van der Waals surface area contributed by atoms with Gasteiger partial charge in [-0.1, -0.05) is 0 Å². The Kier molecular flexibility index (Phi) is 4.80. The third kappa shape index (κ3) is 3.65. The molecule has 0 atom stereocenters. The highest BCUT2D eigenvalue weighted by molar-refractivity contribution is 9.10. The Morgan fingerprint density at radius 3 is 2.93 bits per heavy atom. The van der Waals surface area contributed by atoms with Crippen LogP contribution in [-0.2, 0) is 11.3 Å². The summed E-state index contributed by atoms with van der Waals surface area (Å²) in [5.41, 5.74) is 5.96. The second-order valence-electron chi connectivity index (χ2n) is 2.96. The number of aliphatic hydroxyl groups is 1. The van der Waals surface area contributed by atoms with E-state index in [1.807, 2.05) is 0 Å². The molecular formula is C9H13BrN2O3. The van der Waals surface area contributed by atoms with Gasteiger partial charge < -0.3 is 20.1 Å². The van der Waals surface area contributed by atoms with E-state index in [-0.39, 0.29) is 18.8 Å². The molecule has 0 spiro atoms. The van der Waals surface area contributed by atoms with Crippen LogP contribution in [0.25, 0.3) is 0 Å². The molecule has 1 aromatic heterocycles. The second kappa shape index (κ2) is 5.89. The molecule has 5 nitrogen and oxygen atoms in total. The molecule has 0 bridgehead atoms. The fraction of sp³-hybridized carbons (Fsp3) is 0.444. The minimum atomic E-state index is -0.142. The van der Waals surface area contributed by atoms with Crippen molar-refractivity contribution in [2.75, 3.05) is 25.6 Å². The average molecular weight is 277 g/mol. The van der Waals surface area contributed by atoms with E-state index in [9.17, 15) is 4.79 Å². The van der Waals surface area contributed by atoms with Gasteiger partial charge in [0.2, 0.25) is 0 Å². The summed E-state index contributed by atoms with van der Waals surface area (Å²) >= 11 is 3.13. The molecule has 0 saturated carbocycles. The molecule has 0 fully saturated rings. The number of pyridine rings is 1. The summed E-state index contributed by atoms with van der Waals surface area (Å²) in [5.74, 6) is 0. The third-order valence-corrected chi connectivity index (χ3v) is 2.34. The standard InChI is InChI=1S/C9H13BrN2O3/c10-8-5-7(11)6-12(9(8)14)1-3-15-4-2-13/h5-6,13H,1-4,11H2. The van der Waals surface area contributed by atoms with Crippen molar-refractivity contribution < 1.29 is 9.84 Å². The molecule has 0 unspecified atom stereocenters. The number of hydrogen-bond donors (Lipinski definition) is 2. The van der Waals surface area contributed by atoms with Crippen LogP contribution in [0.4, 0.5) is 5.69 Å². The molecule has 1 heterocycles. The Morgan fingerprint density at radius 1 is 1.53 bits per heavy atom. The zero-order valence-electron chi connectivity index (χ0n) is 8.15. The number of nitrogens with two attached hydrogens (primary N) is 1. The topological polar surface area (TPSA) is 77.5 Å². The van der Waals surface area contributed by atoms with Crippen LogP contribution in [0.5, 0.6) is 0 Å². The number of ether oxygens (including phenoxy) is 1. The van der Waals surface area contributed by atoms with Crippen LogP contribution in [0.3, 0.4) is 0 Å². The quantitative estimate of drug-likeness (QED) is 0.754. The van der Waals surface area contributed by atoms with Crippen LogP contribution < -0.4 is 11.3 Å². The molecule has 0 aliphatic rings. The van der Waals surface area contributed by atoms with Crippen molar-refractivity contribution in [3.05, 3.63) is 27.1 Å². The summed E-state index contributed by atoms with van der Waals surface area (Å²) in [7, 11) is 0. The SMILES string of the molecule is Nc1cc(Br)c(=O)n(CCOCCO)c1. The lowest BCUT2D eigenvalue weighted by molar-refractivity contribution is 0.0865. The molecule has 1 rings (SSSR count). The van der Waals surface area contributed by atoms with Crippen LogP contribution in [0.15, 0.2) is 21.5 Å². The second-order valence-corrected chi connectivity index (χ2v) is 3.81. The van der Waals surface area contributed by atoms with Gasteiger partial charge in [0, 0.05) is 18.4 Å². The summed E-state index contributed by atoms with van der Waals surface area (Å²) in [6.45, 7) is 1.05. The number of aliphatic hydroxyl groups excluding tert-OH is 1. The summed E-state index contributed by atoms with van der Waals surface area (Å²) < 4.78 is 6.96. The van der Waals surface area contributed by atoms with E-state index in [1.165, 1.54) is 4.57 Å². The largest absolute Gasteiger partial charge is 0.398 e. The lowest BCUT2D eigenvalue weighted by atomic mass is 10.4. The Hall–Kier alpha value is -0.850. The first-order chi connectivity index (χ1) is 7.15. The molecule has 0 amide bonds. The zero-order chi connectivity index (χ0) is 11.3. The molecule has 84 valence electrons. The van der Waals surface area contributed by atoms with Crippen LogP contribution in [0.1, 0.15) is 0 Å². The highest BCUT2D eigenvalue weighted by Gasteiger charge is 2.02. The van der Waals surface area contributed by atoms with E-state index in [0.717, 1.165) is 0 Å². The monoisotopic (exact) mass is 276 g/mol. The van der Waals surface area contributed by atoms with Gasteiger partial charge >= 0.3 is 0 Å². The summed E-state index contributed by atoms with van der Waals surface area (Å²) in [6, 6.07) is 1.56. The first-order valence-corrected chi connectivity index (χ1v) is 5.28. The Labute approximate surface area is 95.6 Å². The molecule has 0 aromatic carbocycles. The highest BCUT2D eigenvalue weighted by atomic mass is 79.9. The van der Waals surface area contributed by atoms with Crippen LogP contribution in [-0.4, -0.2) is 29.5 Å². The number of anilines is 1. The third-order valence-electron chi connectivity index (χ3n) is 1.78. The van der Waals surface area contributed by atoms with Crippen molar-refractivity contribution in [1.29, 1.82) is 0 Å². The molecule has 1 aromatic rings. The lowest BCUT2D eigenvalue weighted by Gasteiger charge is -2.07. The summed E-state index contributed by atoms with van der Waals surface area (Å²) in [4.78, 5) is 11.5. The minimum Gasteiger partial charge on any atom is -0.398 e. The molecule has 0 aliphatic heterocycles. The van der Waals surface area contributed by atoms with Gasteiger partial charge in [-0.05, 0) is 22.0 Å². The van der Waals surface area contributed by atoms with Crippen molar-refractivity contribution in [2.45, 2.75) is 6.54 Å². The maximum Gasteiger partial charge on any atom is 0.265 e. The van der Waals surface area contributed by atoms with Crippen LogP contribution in [0, 0.1) is 0 Å². The Bertz CT molecular complexity index is 378. The first-order valence-electron chi connectivity index (χ1n) is 4.49. The molecule has 0 aliphatic carbocycles. The molecular weight excluding hydrogens is 264 g/mol. The van der Waals surface area contributed by atoms with E-state index in [4.69, 9.17) is 15.6 Å². The van der Waals surface area contributed by atoms with E-state index >= 15 is 0 Å². The van der Waals surface area contributed by atoms with Crippen molar-refractivity contribution in [3.8, 4) is 0 Å². The van der Waals surface area contributed by atoms with Crippen molar-refractivity contribution >= 4 is 21.6 Å². The Balaban J connectivity index is 2.64. The van der Waals surface area contributed by atoms with Crippen LogP contribution in [0.2, 0.25) is 0 Å². The number of nitrogen functional groups attached to an aromatic ring is 1. The fourth-order valence-electron chi connectivity index (χ4n) is 1.12. The van der Waals surface area contributed by atoms with Gasteiger partial charge in [-0.3, -0.25) is 4.79 Å². The molecule has 0 saturated heterocycles. The van der Waals surface area contributed by atoms with E-state index in [0.29, 0.717) is 23.3 Å². The molecule has 15 heavy (non-hydrogen) atoms. The smallest absolute Gasteiger partial charge is 0.265 e. The fourth-order valence-corrected chi connectivity index (χ4v) is 1.61. The summed E-state index contributed by atoms with van der Waals surface area (Å²) in [6.07, 6.45) is 1.56. The maximum atomic E-state index is 11.5. The predicted octanol–water partition coefficient (Wildman–Crippen LogP) is 0.202. The molecule has 0 radical (unpaired) electrons. The average Bonchev–Trinajstić information content (AvgIpc) is 2.19. The van der Waals surface area contributed by atoms with Gasteiger partial charge in [0.05, 0.1) is 24.3 Å². The zero-order valence-corrected chi connectivity index (χ0v) is 9.74. The van der Waals surface area contributed by atoms with Gasteiger partial charge in [-0.15, -0.1) is 0 Å². The van der Waals surface area contributed by atoms with Gasteiger partial charge in [-0.2, -0.15) is 0 Å². The van der Waals surface area contributed by atoms with E-state index < -0.39 is 0 Å². The van der Waals surface area contributed by atoms with Crippen molar-refractivity contribution in [3.63, 3.8) is 0 Å². The number of nitrogens with zero attached hydrogens (tertiary/aromatic N) is 1. The van der Waals surface area contributed by atoms with E-state index in [2.05, 4.69) is 15.9 Å². The minimum absolute atomic E-state index is 0.0183. The lowest BCUT2D eigenvalue weighted by Crippen LogP contribution is -2.23. The van der Waals surface area contributed by atoms with Gasteiger partial charge in [0.15, 0.2) is 0 Å². The van der Waals surface area contributed by atoms with Crippen molar-refractivity contribution in [2.24, 2.45) is 0 Å². The normalized spacial score (nSPS) is 10.5. The highest BCUT2D eigenvalue weighted by Crippen LogP contribution is 2.07. The Morgan fingerprint density at radius 2 is 2.27 bits per heavy atom. The maximum absolute atomic E-state index is 11.5. The summed E-state index contributed by atoms with van der Waals surface area (Å²) in [5, 5.41) is 8.49. The van der Waals surface area contributed by atoms with Crippen molar-refractivity contribution in [1.82, 2.24) is 4.57 Å². The number of halogens is 1. The van der Waals surface area contributed by atoms with Gasteiger partial charge in [0.1, 0.15) is 0 Å². The molecule has 3 N–H and O–H groups in total. The number of aromatic nitrogens is 1. The van der Waals surface area contributed by atoms with E-state index in [1.54, 1.807) is 12.3 Å². The first kappa shape index (κ1) is 12.2. The number of rotatable bonds is 5. The van der Waals surface area contributed by atoms with Gasteiger partial charge in [-0.25, -0.2) is 0 Å². The predicted molar refractivity (Wildman–Crippen MR) is 60.7 cm³/mol. The molecule has 6 heteroatoms. The van der Waals surface area contributed by atoms with Gasteiger partial charge in [0.25, 0.3) is 5.56 Å². The number of hydrogen-bond acceptors (Lipinski definition) is 4. The van der Waals surface area contributed by atoms with Crippen LogP contribution >= 0.6 is 15.9 Å².